The highest BCUT2D eigenvalue weighted by Gasteiger charge is 2.46. The fourth-order valence-electron chi connectivity index (χ4n) is 6.38. The lowest BCUT2D eigenvalue weighted by molar-refractivity contribution is 0.0963. The summed E-state index contributed by atoms with van der Waals surface area (Å²) in [6.45, 7) is 0. The van der Waals surface area contributed by atoms with Crippen molar-refractivity contribution >= 4 is 27.8 Å². The van der Waals surface area contributed by atoms with Crippen LogP contribution in [0.15, 0.2) is 48.7 Å². The number of pyridine rings is 1. The van der Waals surface area contributed by atoms with E-state index in [0.29, 0.717) is 23.3 Å². The minimum absolute atomic E-state index is 0.0886. The fourth-order valence-corrected chi connectivity index (χ4v) is 6.38. The van der Waals surface area contributed by atoms with Crippen molar-refractivity contribution in [1.29, 1.82) is 0 Å². The number of aromatic nitrogens is 3. The van der Waals surface area contributed by atoms with Gasteiger partial charge in [0.1, 0.15) is 11.6 Å². The number of aryl methyl sites for hydroxylation is 1. The number of aromatic amines is 1. The molecule has 2 saturated carbocycles. The van der Waals surface area contributed by atoms with E-state index in [1.165, 1.54) is 30.9 Å². The second-order valence-electron chi connectivity index (χ2n) is 9.69. The zero-order valence-electron chi connectivity index (χ0n) is 18.6. The second-order valence-corrected chi connectivity index (χ2v) is 9.69. The normalized spacial score (nSPS) is 24.1. The number of hydrogen-bond acceptors (Lipinski definition) is 3. The number of amides is 1. The van der Waals surface area contributed by atoms with E-state index in [1.54, 1.807) is 19.2 Å². The van der Waals surface area contributed by atoms with Gasteiger partial charge in [-0.15, -0.1) is 0 Å². The third-order valence-corrected chi connectivity index (χ3v) is 7.91. The van der Waals surface area contributed by atoms with E-state index in [-0.39, 0.29) is 11.7 Å². The van der Waals surface area contributed by atoms with Crippen molar-refractivity contribution in [3.8, 4) is 0 Å². The molecule has 2 heterocycles. The second kappa shape index (κ2) is 7.94. The summed E-state index contributed by atoms with van der Waals surface area (Å²) in [6.07, 6.45) is 7.60. The molecule has 2 fully saturated rings. The van der Waals surface area contributed by atoms with Crippen LogP contribution in [0.2, 0.25) is 0 Å². The molecule has 2 aliphatic carbocycles. The number of benzene rings is 2. The zero-order valence-corrected chi connectivity index (χ0v) is 18.6. The molecule has 0 saturated heterocycles. The summed E-state index contributed by atoms with van der Waals surface area (Å²) in [5, 5.41) is 3.64. The van der Waals surface area contributed by atoms with Gasteiger partial charge in [-0.25, -0.2) is 9.37 Å². The maximum absolute atomic E-state index is 13.9. The third kappa shape index (κ3) is 3.58. The summed E-state index contributed by atoms with van der Waals surface area (Å²) >= 11 is 0. The van der Waals surface area contributed by atoms with Crippen molar-refractivity contribution in [2.45, 2.75) is 38.0 Å². The standard InChI is InChI=1S/C27H27FN4O/c1-29-27(33)16-2-5-24-25(13-16)32-26(31-24)7-3-15-10-18-11-17(15)12-21(18)20-8-9-30-23-6-4-19(28)14-22(20)23/h2,4-6,8-9,13-15,17-18,21H,3,7,10-12H2,1H3,(H,29,33)(H,31,32). The summed E-state index contributed by atoms with van der Waals surface area (Å²) in [5.41, 5.74) is 4.62. The first kappa shape index (κ1) is 20.3. The van der Waals surface area contributed by atoms with Crippen molar-refractivity contribution in [3.05, 3.63) is 71.4 Å². The van der Waals surface area contributed by atoms with Gasteiger partial charge in [0.25, 0.3) is 5.91 Å². The highest BCUT2D eigenvalue weighted by atomic mass is 19.1. The number of fused-ring (bicyclic) bond motifs is 4. The van der Waals surface area contributed by atoms with Gasteiger partial charge in [0, 0.05) is 30.6 Å². The minimum Gasteiger partial charge on any atom is -0.355 e. The average Bonchev–Trinajstić information content (AvgIpc) is 3.55. The Labute approximate surface area is 191 Å². The molecular formula is C27H27FN4O. The minimum atomic E-state index is -0.189. The zero-order chi connectivity index (χ0) is 22.5. The number of rotatable bonds is 5. The Morgan fingerprint density at radius 1 is 1.09 bits per heavy atom. The molecule has 4 aromatic rings. The lowest BCUT2D eigenvalue weighted by Gasteiger charge is -2.29. The van der Waals surface area contributed by atoms with Gasteiger partial charge >= 0.3 is 0 Å². The van der Waals surface area contributed by atoms with Crippen LogP contribution in [-0.2, 0) is 6.42 Å². The maximum atomic E-state index is 13.9. The molecule has 2 aromatic heterocycles. The molecule has 4 unspecified atom stereocenters. The summed E-state index contributed by atoms with van der Waals surface area (Å²) in [4.78, 5) is 24.5. The van der Waals surface area contributed by atoms with Crippen LogP contribution >= 0.6 is 0 Å². The Kier molecular flexibility index (Phi) is 4.89. The predicted molar refractivity (Wildman–Crippen MR) is 127 cm³/mol. The molecule has 0 spiro atoms. The van der Waals surface area contributed by atoms with E-state index in [0.717, 1.165) is 46.5 Å². The smallest absolute Gasteiger partial charge is 0.251 e. The Morgan fingerprint density at radius 2 is 1.97 bits per heavy atom. The van der Waals surface area contributed by atoms with Crippen LogP contribution in [0.25, 0.3) is 21.9 Å². The van der Waals surface area contributed by atoms with Crippen molar-refractivity contribution in [2.75, 3.05) is 7.05 Å². The quantitative estimate of drug-likeness (QED) is 0.436. The summed E-state index contributed by atoms with van der Waals surface area (Å²) < 4.78 is 13.9. The van der Waals surface area contributed by atoms with Crippen molar-refractivity contribution < 1.29 is 9.18 Å². The van der Waals surface area contributed by atoms with Crippen LogP contribution in [-0.4, -0.2) is 27.9 Å². The van der Waals surface area contributed by atoms with E-state index in [9.17, 15) is 9.18 Å². The maximum Gasteiger partial charge on any atom is 0.251 e. The molecular weight excluding hydrogens is 415 g/mol. The monoisotopic (exact) mass is 442 g/mol. The first-order valence-corrected chi connectivity index (χ1v) is 11.8. The number of halogens is 1. The SMILES string of the molecule is CNC(=O)c1ccc2nc(CCC3CC4CC3CC4c3ccnc4ccc(F)cc34)[nH]c2c1. The molecule has 2 bridgehead atoms. The van der Waals surface area contributed by atoms with Crippen molar-refractivity contribution in [3.63, 3.8) is 0 Å². The Bertz CT molecular complexity index is 1360. The van der Waals surface area contributed by atoms with Crippen molar-refractivity contribution in [2.24, 2.45) is 17.8 Å². The molecule has 6 heteroatoms. The van der Waals surface area contributed by atoms with Gasteiger partial charge in [-0.3, -0.25) is 9.78 Å². The van der Waals surface area contributed by atoms with Gasteiger partial charge in [-0.1, -0.05) is 0 Å². The van der Waals surface area contributed by atoms with Gasteiger partial charge in [-0.05, 0) is 97.4 Å². The lowest BCUT2D eigenvalue weighted by atomic mass is 9.76. The van der Waals surface area contributed by atoms with E-state index >= 15 is 0 Å². The first-order chi connectivity index (χ1) is 16.1. The molecule has 6 rings (SSSR count). The van der Waals surface area contributed by atoms with Gasteiger partial charge in [0.15, 0.2) is 0 Å². The number of nitrogens with one attached hydrogen (secondary N) is 2. The number of hydrogen-bond donors (Lipinski definition) is 2. The topological polar surface area (TPSA) is 70.7 Å². The van der Waals surface area contributed by atoms with Gasteiger partial charge in [-0.2, -0.15) is 0 Å². The Morgan fingerprint density at radius 3 is 2.79 bits per heavy atom. The largest absolute Gasteiger partial charge is 0.355 e. The lowest BCUT2D eigenvalue weighted by Crippen LogP contribution is -2.17. The summed E-state index contributed by atoms with van der Waals surface area (Å²) in [5.74, 6) is 3.33. The molecule has 2 aromatic carbocycles. The molecule has 2 aliphatic rings. The number of imidazole rings is 1. The van der Waals surface area contributed by atoms with Gasteiger partial charge in [0.05, 0.1) is 16.6 Å². The molecule has 0 aliphatic heterocycles. The van der Waals surface area contributed by atoms with E-state index in [2.05, 4.69) is 21.4 Å². The van der Waals surface area contributed by atoms with E-state index in [4.69, 9.17) is 4.98 Å². The summed E-state index contributed by atoms with van der Waals surface area (Å²) in [6, 6.07) is 12.6. The number of carbonyl (C=O) groups excluding carboxylic acids is 1. The van der Waals surface area contributed by atoms with Crippen molar-refractivity contribution in [1.82, 2.24) is 20.3 Å². The van der Waals surface area contributed by atoms with Crippen LogP contribution in [0, 0.1) is 23.6 Å². The Hall–Kier alpha value is -3.28. The number of carbonyl (C=O) groups is 1. The molecule has 4 atom stereocenters. The third-order valence-electron chi connectivity index (χ3n) is 7.91. The van der Waals surface area contributed by atoms with E-state index in [1.807, 2.05) is 24.4 Å². The molecule has 0 radical (unpaired) electrons. The van der Waals surface area contributed by atoms with Gasteiger partial charge in [0.2, 0.25) is 0 Å². The van der Waals surface area contributed by atoms with Gasteiger partial charge < -0.3 is 10.3 Å². The summed E-state index contributed by atoms with van der Waals surface area (Å²) in [7, 11) is 1.64. The molecule has 33 heavy (non-hydrogen) atoms. The molecule has 1 amide bonds. The first-order valence-electron chi connectivity index (χ1n) is 11.8. The average molecular weight is 443 g/mol. The van der Waals surface area contributed by atoms with Crippen LogP contribution in [0.5, 0.6) is 0 Å². The predicted octanol–water partition coefficient (Wildman–Crippen LogP) is 5.37. The number of nitrogens with zero attached hydrogens (tertiary/aromatic N) is 2. The van der Waals surface area contributed by atoms with Crippen LogP contribution in [0.3, 0.4) is 0 Å². The van der Waals surface area contributed by atoms with Crippen LogP contribution in [0.4, 0.5) is 4.39 Å². The highest BCUT2D eigenvalue weighted by Crippen LogP contribution is 2.57. The Balaban J connectivity index is 1.14. The van der Waals surface area contributed by atoms with Crippen LogP contribution in [0.1, 0.15) is 53.3 Å². The molecule has 168 valence electrons. The van der Waals surface area contributed by atoms with E-state index < -0.39 is 0 Å². The molecule has 5 nitrogen and oxygen atoms in total. The van der Waals surface area contributed by atoms with Crippen LogP contribution < -0.4 is 5.32 Å². The highest BCUT2D eigenvalue weighted by molar-refractivity contribution is 5.97. The molecule has 2 N–H and O–H groups in total. The number of H-pyrrole nitrogens is 1. The fraction of sp³-hybridized carbons (Fsp3) is 0.370.